The second-order valence-electron chi connectivity index (χ2n) is 8.80. The average molecular weight is 461 g/mol. The Labute approximate surface area is 192 Å². The van der Waals surface area contributed by atoms with Crippen LogP contribution in [0.3, 0.4) is 0 Å². The van der Waals surface area contributed by atoms with Crippen LogP contribution in [-0.4, -0.2) is 87.6 Å². The van der Waals surface area contributed by atoms with Gasteiger partial charge in [-0.1, -0.05) is 30.3 Å². The van der Waals surface area contributed by atoms with E-state index in [-0.39, 0.29) is 31.3 Å². The number of nitrogens with two attached hydrogens (primary N) is 1. The number of hydrogen-bond donors (Lipinski definition) is 4. The van der Waals surface area contributed by atoms with E-state index in [1.807, 2.05) is 30.3 Å². The molecule has 3 rings (SSSR count). The van der Waals surface area contributed by atoms with E-state index >= 15 is 0 Å². The topological polar surface area (TPSA) is 153 Å². The van der Waals surface area contributed by atoms with Crippen molar-refractivity contribution in [3.63, 3.8) is 0 Å². The van der Waals surface area contributed by atoms with Crippen LogP contribution < -0.4 is 11.1 Å². The molecule has 33 heavy (non-hydrogen) atoms. The first-order valence-corrected chi connectivity index (χ1v) is 11.3. The fourth-order valence-electron chi connectivity index (χ4n) is 4.92. The fourth-order valence-corrected chi connectivity index (χ4v) is 4.92. The minimum absolute atomic E-state index is 0.0302. The quantitative estimate of drug-likeness (QED) is 0.399. The number of benzene rings is 1. The monoisotopic (exact) mass is 460 g/mol. The zero-order chi connectivity index (χ0) is 24.1. The molecular formula is C23H32N4O6. The van der Waals surface area contributed by atoms with Crippen LogP contribution in [0.15, 0.2) is 30.3 Å². The summed E-state index contributed by atoms with van der Waals surface area (Å²) in [6.07, 6.45) is 1.72. The predicted octanol–water partition coefficient (Wildman–Crippen LogP) is -0.0882. The number of aryl methyl sites for hydroxylation is 1. The van der Waals surface area contributed by atoms with Gasteiger partial charge in [-0.05, 0) is 44.1 Å². The highest BCUT2D eigenvalue weighted by Gasteiger charge is 2.50. The van der Waals surface area contributed by atoms with Gasteiger partial charge in [-0.25, -0.2) is 4.79 Å². The zero-order valence-electron chi connectivity index (χ0n) is 18.7. The number of carboxylic acids is 2. The van der Waals surface area contributed by atoms with Crippen molar-refractivity contribution in [3.8, 4) is 0 Å². The lowest BCUT2D eigenvalue weighted by molar-refractivity contribution is -0.152. The molecular weight excluding hydrogens is 428 g/mol. The third-order valence-corrected chi connectivity index (χ3v) is 6.69. The Kier molecular flexibility index (Phi) is 8.04. The second kappa shape index (κ2) is 10.8. The number of carbonyl (C=O) groups is 4. The summed E-state index contributed by atoms with van der Waals surface area (Å²) in [5.74, 6) is -2.91. The minimum Gasteiger partial charge on any atom is -0.480 e. The first-order valence-electron chi connectivity index (χ1n) is 11.3. The number of piperidine rings is 1. The van der Waals surface area contributed by atoms with E-state index in [4.69, 9.17) is 5.73 Å². The number of nitrogens with zero attached hydrogens (tertiary/aromatic N) is 2. The number of hydrogen-bond acceptors (Lipinski definition) is 6. The molecule has 5 atom stereocenters. The van der Waals surface area contributed by atoms with Crippen molar-refractivity contribution in [3.05, 3.63) is 35.9 Å². The third-order valence-electron chi connectivity index (χ3n) is 6.69. The molecule has 10 nitrogen and oxygen atoms in total. The maximum Gasteiger partial charge on any atom is 0.326 e. The van der Waals surface area contributed by atoms with Gasteiger partial charge in [-0.3, -0.25) is 19.7 Å². The molecule has 2 aliphatic heterocycles. The van der Waals surface area contributed by atoms with Crippen LogP contribution in [-0.2, 0) is 25.6 Å². The fraction of sp³-hybridized carbons (Fsp3) is 0.565. The first-order chi connectivity index (χ1) is 15.7. The molecule has 10 heteroatoms. The molecule has 5 N–H and O–H groups in total. The molecule has 1 aromatic carbocycles. The summed E-state index contributed by atoms with van der Waals surface area (Å²) in [5.41, 5.74) is 6.47. The highest BCUT2D eigenvalue weighted by molar-refractivity contribution is 5.88. The van der Waals surface area contributed by atoms with Gasteiger partial charge in [0.05, 0.1) is 18.6 Å². The lowest BCUT2D eigenvalue weighted by atomic mass is 9.91. The predicted molar refractivity (Wildman–Crippen MR) is 119 cm³/mol. The molecule has 0 radical (unpaired) electrons. The van der Waals surface area contributed by atoms with Crippen molar-refractivity contribution in [2.24, 2.45) is 11.7 Å². The van der Waals surface area contributed by atoms with Gasteiger partial charge >= 0.3 is 11.9 Å². The Bertz CT molecular complexity index is 879. The Morgan fingerprint density at radius 3 is 2.48 bits per heavy atom. The number of amides is 2. The molecule has 0 unspecified atom stereocenters. The van der Waals surface area contributed by atoms with E-state index in [9.17, 15) is 29.4 Å². The summed E-state index contributed by atoms with van der Waals surface area (Å²) >= 11 is 0. The van der Waals surface area contributed by atoms with Gasteiger partial charge in [-0.2, -0.15) is 0 Å². The highest BCUT2D eigenvalue weighted by atomic mass is 16.4. The number of aliphatic carboxylic acids is 2. The van der Waals surface area contributed by atoms with Gasteiger partial charge < -0.3 is 25.7 Å². The van der Waals surface area contributed by atoms with Crippen LogP contribution in [0.25, 0.3) is 0 Å². The summed E-state index contributed by atoms with van der Waals surface area (Å²) in [6.45, 7) is 2.13. The van der Waals surface area contributed by atoms with Crippen LogP contribution in [0.5, 0.6) is 0 Å². The van der Waals surface area contributed by atoms with Crippen LogP contribution in [0.1, 0.15) is 31.7 Å². The van der Waals surface area contributed by atoms with Crippen LogP contribution in [0.4, 0.5) is 0 Å². The number of nitrogens with one attached hydrogen (secondary N) is 1. The molecule has 180 valence electrons. The Hall–Kier alpha value is -2.98. The number of carboxylic acid groups (broad SMARTS) is 2. The summed E-state index contributed by atoms with van der Waals surface area (Å²) in [4.78, 5) is 52.1. The second-order valence-corrected chi connectivity index (χ2v) is 8.80. The highest BCUT2D eigenvalue weighted by Crippen LogP contribution is 2.36. The lowest BCUT2D eigenvalue weighted by Crippen LogP contribution is -2.59. The molecule has 2 heterocycles. The van der Waals surface area contributed by atoms with E-state index < -0.39 is 42.0 Å². The molecule has 1 aromatic rings. The lowest BCUT2D eigenvalue weighted by Gasteiger charge is -2.39. The first kappa shape index (κ1) is 24.7. The molecule has 2 amide bonds. The Morgan fingerprint density at radius 1 is 1.18 bits per heavy atom. The van der Waals surface area contributed by atoms with Gasteiger partial charge in [0, 0.05) is 13.1 Å². The Morgan fingerprint density at radius 2 is 1.88 bits per heavy atom. The summed E-state index contributed by atoms with van der Waals surface area (Å²) < 4.78 is 0. The third kappa shape index (κ3) is 5.69. The molecule has 2 fully saturated rings. The molecule has 0 spiro atoms. The van der Waals surface area contributed by atoms with Gasteiger partial charge in [0.15, 0.2) is 0 Å². The van der Waals surface area contributed by atoms with E-state index in [2.05, 4.69) is 5.32 Å². The smallest absolute Gasteiger partial charge is 0.326 e. The van der Waals surface area contributed by atoms with Crippen molar-refractivity contribution >= 4 is 23.8 Å². The van der Waals surface area contributed by atoms with Crippen LogP contribution in [0, 0.1) is 5.92 Å². The van der Waals surface area contributed by atoms with Crippen molar-refractivity contribution < 1.29 is 29.4 Å². The normalized spacial score (nSPS) is 24.1. The summed E-state index contributed by atoms with van der Waals surface area (Å²) in [6, 6.07) is 6.16. The standard InChI is InChI=1S/C23H32N4O6/c1-14(25-17(22(30)31)8-7-15-5-3-2-4-6-15)21(29)27-18(23(32)33)11-16-9-10-26(13-19(16)27)20(28)12-24/h2-6,14,16-19,25H,7-13,24H2,1H3,(H,30,31)(H,32,33)/t14-,16+,17+,18-,19-/m0/s1. The van der Waals surface area contributed by atoms with Crippen molar-refractivity contribution in [1.29, 1.82) is 0 Å². The van der Waals surface area contributed by atoms with Gasteiger partial charge in [0.25, 0.3) is 0 Å². The van der Waals surface area contributed by atoms with Gasteiger partial charge in [-0.15, -0.1) is 0 Å². The zero-order valence-corrected chi connectivity index (χ0v) is 18.7. The largest absolute Gasteiger partial charge is 0.480 e. The van der Waals surface area contributed by atoms with Crippen molar-refractivity contribution in [1.82, 2.24) is 15.1 Å². The number of likely N-dealkylation sites (tertiary alicyclic amines) is 2. The summed E-state index contributed by atoms with van der Waals surface area (Å²) in [5, 5.41) is 22.3. The molecule has 0 aliphatic carbocycles. The molecule has 2 saturated heterocycles. The SMILES string of the molecule is C[C@H](N[C@H](CCc1ccccc1)C(=O)O)C(=O)N1[C@H](C(=O)O)C[C@H]2CCN(C(=O)CN)C[C@@H]21. The van der Waals surface area contributed by atoms with Crippen LogP contribution in [0.2, 0.25) is 0 Å². The van der Waals surface area contributed by atoms with E-state index in [1.165, 1.54) is 4.90 Å². The van der Waals surface area contributed by atoms with E-state index in [0.29, 0.717) is 25.8 Å². The van der Waals surface area contributed by atoms with Crippen molar-refractivity contribution in [2.75, 3.05) is 19.6 Å². The molecule has 0 aromatic heterocycles. The number of rotatable bonds is 9. The van der Waals surface area contributed by atoms with Gasteiger partial charge in [0.2, 0.25) is 11.8 Å². The van der Waals surface area contributed by atoms with E-state index in [0.717, 1.165) is 5.56 Å². The molecule has 2 aliphatic rings. The van der Waals surface area contributed by atoms with Crippen LogP contribution >= 0.6 is 0 Å². The minimum atomic E-state index is -1.10. The molecule has 0 saturated carbocycles. The number of carbonyl (C=O) groups excluding carboxylic acids is 2. The van der Waals surface area contributed by atoms with Crippen molar-refractivity contribution in [2.45, 2.75) is 56.8 Å². The average Bonchev–Trinajstić information content (AvgIpc) is 3.20. The van der Waals surface area contributed by atoms with Gasteiger partial charge in [0.1, 0.15) is 12.1 Å². The summed E-state index contributed by atoms with van der Waals surface area (Å²) in [7, 11) is 0. The number of fused-ring (bicyclic) bond motifs is 1. The van der Waals surface area contributed by atoms with E-state index in [1.54, 1.807) is 11.8 Å². The maximum absolute atomic E-state index is 13.4. The Balaban J connectivity index is 1.71. The maximum atomic E-state index is 13.4. The molecule has 0 bridgehead atoms.